The van der Waals surface area contributed by atoms with Gasteiger partial charge in [0.1, 0.15) is 0 Å². The van der Waals surface area contributed by atoms with Crippen LogP contribution in [0.4, 0.5) is 13.6 Å². The first-order valence-corrected chi connectivity index (χ1v) is 5.97. The van der Waals surface area contributed by atoms with Crippen molar-refractivity contribution >= 4 is 12.0 Å². The Balaban J connectivity index is 3.66. The molecule has 0 spiro atoms. The normalized spacial score (nSPS) is 12.2. The van der Waals surface area contributed by atoms with Crippen LogP contribution in [0.2, 0.25) is 0 Å². The molecule has 5 nitrogen and oxygen atoms in total. The van der Waals surface area contributed by atoms with Gasteiger partial charge in [0.05, 0.1) is 6.54 Å². The highest BCUT2D eigenvalue weighted by Crippen LogP contribution is 2.14. The van der Waals surface area contributed by atoms with E-state index in [4.69, 9.17) is 5.11 Å². The molecule has 0 aliphatic rings. The van der Waals surface area contributed by atoms with E-state index in [9.17, 15) is 18.4 Å². The number of carboxylic acids is 1. The summed E-state index contributed by atoms with van der Waals surface area (Å²) in [6.07, 6.45) is -0.420. The van der Waals surface area contributed by atoms with Gasteiger partial charge >= 0.3 is 12.0 Å². The molecular weight excluding hydrogens is 246 g/mol. The zero-order chi connectivity index (χ0) is 14.0. The fraction of sp³-hybridized carbons (Fsp3) is 0.818. The molecule has 0 aromatic heterocycles. The minimum atomic E-state index is -2.56. The van der Waals surface area contributed by atoms with Crippen LogP contribution in [0.25, 0.3) is 0 Å². The van der Waals surface area contributed by atoms with Gasteiger partial charge in [-0.15, -0.1) is 0 Å². The SMILES string of the molecule is CCC(CCNC(=O)NCC(F)F)CCC(=O)O. The predicted octanol–water partition coefficient (Wildman–Crippen LogP) is 1.83. The van der Waals surface area contributed by atoms with Crippen LogP contribution in [-0.2, 0) is 4.79 Å². The number of carbonyl (C=O) groups excluding carboxylic acids is 1. The molecule has 1 atom stereocenters. The first kappa shape index (κ1) is 16.6. The van der Waals surface area contributed by atoms with Gasteiger partial charge in [0.25, 0.3) is 6.43 Å². The van der Waals surface area contributed by atoms with Gasteiger partial charge in [-0.2, -0.15) is 0 Å². The number of halogens is 2. The fourth-order valence-electron chi connectivity index (χ4n) is 1.50. The van der Waals surface area contributed by atoms with Crippen LogP contribution in [0.1, 0.15) is 32.6 Å². The Morgan fingerprint density at radius 2 is 1.89 bits per heavy atom. The third kappa shape index (κ3) is 9.80. The Morgan fingerprint density at radius 3 is 2.39 bits per heavy atom. The molecule has 2 amide bonds. The summed E-state index contributed by atoms with van der Waals surface area (Å²) in [6.45, 7) is 1.64. The lowest BCUT2D eigenvalue weighted by Crippen LogP contribution is -2.38. The quantitative estimate of drug-likeness (QED) is 0.595. The lowest BCUT2D eigenvalue weighted by Gasteiger charge is -2.14. The second-order valence-corrected chi connectivity index (χ2v) is 4.02. The summed E-state index contributed by atoms with van der Waals surface area (Å²) in [4.78, 5) is 21.4. The van der Waals surface area contributed by atoms with Crippen molar-refractivity contribution in [3.05, 3.63) is 0 Å². The third-order valence-electron chi connectivity index (χ3n) is 2.60. The van der Waals surface area contributed by atoms with E-state index in [1.807, 2.05) is 12.2 Å². The number of rotatable bonds is 9. The van der Waals surface area contributed by atoms with Gasteiger partial charge in [0.2, 0.25) is 0 Å². The van der Waals surface area contributed by atoms with Crippen molar-refractivity contribution < 1.29 is 23.5 Å². The van der Waals surface area contributed by atoms with Gasteiger partial charge in [0, 0.05) is 13.0 Å². The number of amides is 2. The summed E-state index contributed by atoms with van der Waals surface area (Å²) in [5.74, 6) is -0.618. The summed E-state index contributed by atoms with van der Waals surface area (Å²) in [5, 5.41) is 13.0. The van der Waals surface area contributed by atoms with Gasteiger partial charge in [-0.25, -0.2) is 13.6 Å². The third-order valence-corrected chi connectivity index (χ3v) is 2.60. The molecule has 0 aromatic carbocycles. The van der Waals surface area contributed by atoms with Crippen LogP contribution < -0.4 is 10.6 Å². The molecule has 106 valence electrons. The largest absolute Gasteiger partial charge is 0.481 e. The average molecular weight is 266 g/mol. The monoisotopic (exact) mass is 266 g/mol. The van der Waals surface area contributed by atoms with E-state index in [0.717, 1.165) is 6.42 Å². The van der Waals surface area contributed by atoms with Crippen LogP contribution in [-0.4, -0.2) is 36.6 Å². The van der Waals surface area contributed by atoms with Crippen molar-refractivity contribution in [3.8, 4) is 0 Å². The molecule has 0 rings (SSSR count). The van der Waals surface area contributed by atoms with E-state index >= 15 is 0 Å². The van der Waals surface area contributed by atoms with Gasteiger partial charge in [-0.05, 0) is 18.8 Å². The van der Waals surface area contributed by atoms with Crippen molar-refractivity contribution in [3.63, 3.8) is 0 Å². The van der Waals surface area contributed by atoms with E-state index < -0.39 is 25.0 Å². The van der Waals surface area contributed by atoms with Gasteiger partial charge in [0.15, 0.2) is 0 Å². The Labute approximate surface area is 105 Å². The van der Waals surface area contributed by atoms with E-state index in [-0.39, 0.29) is 12.3 Å². The maximum Gasteiger partial charge on any atom is 0.314 e. The second kappa shape index (κ2) is 9.61. The molecule has 3 N–H and O–H groups in total. The minimum Gasteiger partial charge on any atom is -0.481 e. The van der Waals surface area contributed by atoms with Crippen LogP contribution in [0.3, 0.4) is 0 Å². The summed E-state index contributed by atoms with van der Waals surface area (Å²) in [6, 6.07) is -0.622. The molecule has 1 unspecified atom stereocenters. The fourth-order valence-corrected chi connectivity index (χ4v) is 1.50. The molecule has 0 fully saturated rings. The number of carbonyl (C=O) groups is 2. The zero-order valence-electron chi connectivity index (χ0n) is 10.4. The molecule has 0 radical (unpaired) electrons. The number of urea groups is 1. The molecule has 0 saturated carbocycles. The zero-order valence-corrected chi connectivity index (χ0v) is 10.4. The van der Waals surface area contributed by atoms with Crippen molar-refractivity contribution in [2.45, 2.75) is 39.0 Å². The average Bonchev–Trinajstić information content (AvgIpc) is 2.30. The summed E-state index contributed by atoms with van der Waals surface area (Å²) in [5.41, 5.74) is 0. The topological polar surface area (TPSA) is 78.4 Å². The summed E-state index contributed by atoms with van der Waals surface area (Å²) in [7, 11) is 0. The van der Waals surface area contributed by atoms with E-state index in [0.29, 0.717) is 19.4 Å². The number of aliphatic carboxylic acids is 1. The lowest BCUT2D eigenvalue weighted by atomic mass is 9.97. The molecule has 0 bridgehead atoms. The molecule has 0 aromatic rings. The van der Waals surface area contributed by atoms with Crippen LogP contribution in [0.15, 0.2) is 0 Å². The molecular formula is C11H20F2N2O3. The van der Waals surface area contributed by atoms with Gasteiger partial charge in [-0.1, -0.05) is 13.3 Å². The van der Waals surface area contributed by atoms with E-state index in [2.05, 4.69) is 5.32 Å². The first-order chi connectivity index (χ1) is 8.45. The van der Waals surface area contributed by atoms with Crippen LogP contribution >= 0.6 is 0 Å². The Kier molecular flexibility index (Phi) is 8.86. The van der Waals surface area contributed by atoms with E-state index in [1.54, 1.807) is 0 Å². The lowest BCUT2D eigenvalue weighted by molar-refractivity contribution is -0.137. The maximum absolute atomic E-state index is 11.8. The smallest absolute Gasteiger partial charge is 0.314 e. The van der Waals surface area contributed by atoms with Crippen LogP contribution in [0.5, 0.6) is 0 Å². The highest BCUT2D eigenvalue weighted by atomic mass is 19.3. The molecule has 0 aliphatic heterocycles. The Bertz CT molecular complexity index is 263. The second-order valence-electron chi connectivity index (χ2n) is 4.02. The Hall–Kier alpha value is -1.40. The first-order valence-electron chi connectivity index (χ1n) is 5.97. The van der Waals surface area contributed by atoms with Crippen molar-refractivity contribution in [2.24, 2.45) is 5.92 Å². The van der Waals surface area contributed by atoms with Gasteiger partial charge in [-0.3, -0.25) is 4.79 Å². The number of alkyl halides is 2. The molecule has 0 saturated heterocycles. The molecule has 0 heterocycles. The van der Waals surface area contributed by atoms with Gasteiger partial charge < -0.3 is 15.7 Å². The minimum absolute atomic E-state index is 0.107. The highest BCUT2D eigenvalue weighted by Gasteiger charge is 2.10. The molecule has 18 heavy (non-hydrogen) atoms. The number of nitrogens with one attached hydrogen (secondary N) is 2. The molecule has 0 aliphatic carbocycles. The predicted molar refractivity (Wildman–Crippen MR) is 62.7 cm³/mol. The number of carboxylic acid groups (broad SMARTS) is 1. The van der Waals surface area contributed by atoms with Crippen molar-refractivity contribution in [1.29, 1.82) is 0 Å². The Morgan fingerprint density at radius 1 is 1.22 bits per heavy atom. The molecule has 7 heteroatoms. The number of hydrogen-bond acceptors (Lipinski definition) is 2. The van der Waals surface area contributed by atoms with Crippen molar-refractivity contribution in [1.82, 2.24) is 10.6 Å². The van der Waals surface area contributed by atoms with E-state index in [1.165, 1.54) is 0 Å². The standard InChI is InChI=1S/C11H20F2N2O3/c1-2-8(3-4-10(16)17)5-6-14-11(18)15-7-9(12)13/h8-9H,2-7H2,1H3,(H,16,17)(H2,14,15,18). The summed E-state index contributed by atoms with van der Waals surface area (Å²) < 4.78 is 23.6. The summed E-state index contributed by atoms with van der Waals surface area (Å²) >= 11 is 0. The highest BCUT2D eigenvalue weighted by molar-refractivity contribution is 5.73. The maximum atomic E-state index is 11.8. The number of hydrogen-bond donors (Lipinski definition) is 3. The van der Waals surface area contributed by atoms with Crippen molar-refractivity contribution in [2.75, 3.05) is 13.1 Å². The van der Waals surface area contributed by atoms with Crippen LogP contribution in [0, 0.1) is 5.92 Å².